The van der Waals surface area contributed by atoms with Crippen molar-refractivity contribution in [2.24, 2.45) is 0 Å². The molecule has 0 atom stereocenters. The highest BCUT2D eigenvalue weighted by Crippen LogP contribution is 2.15. The third-order valence-electron chi connectivity index (χ3n) is 11.4. The Hall–Kier alpha value is -2.20. The van der Waals surface area contributed by atoms with E-state index in [0.29, 0.717) is 39.3 Å². The standard InChI is InChI=1S/C48H94N2O8/c1-45(51)55-43-39-49(3,4)37-31-25-19-13-8-7-9-15-21-27-33-41-57-47(53)35-29-23-17-11-12-18-24-30-36-48(54)58-42-34-28-22-16-10-14-20-26-32-38-50(5,6)40-44-56-46(2)52/h7-44H2,1-6H3/q+2. The largest absolute Gasteiger partial charge is 0.466 e. The number of hydrogen-bond donors (Lipinski definition) is 0. The summed E-state index contributed by atoms with van der Waals surface area (Å²) in [7, 11) is 8.82. The Morgan fingerprint density at radius 1 is 0.293 bits per heavy atom. The molecule has 0 amide bonds. The lowest BCUT2D eigenvalue weighted by atomic mass is 10.1. The van der Waals surface area contributed by atoms with Gasteiger partial charge < -0.3 is 27.9 Å². The lowest BCUT2D eigenvalue weighted by Gasteiger charge is -2.29. The van der Waals surface area contributed by atoms with E-state index >= 15 is 0 Å². The molecule has 0 heterocycles. The van der Waals surface area contributed by atoms with Gasteiger partial charge in [0.05, 0.1) is 54.5 Å². The van der Waals surface area contributed by atoms with Crippen molar-refractivity contribution < 1.29 is 47.1 Å². The molecule has 342 valence electrons. The third kappa shape index (κ3) is 43.4. The first kappa shape index (κ1) is 55.8. The zero-order chi connectivity index (χ0) is 43.0. The van der Waals surface area contributed by atoms with Gasteiger partial charge in [0.1, 0.15) is 26.3 Å². The highest BCUT2D eigenvalue weighted by atomic mass is 16.5. The number of esters is 4. The summed E-state index contributed by atoms with van der Waals surface area (Å²) < 4.78 is 22.9. The van der Waals surface area contributed by atoms with E-state index in [1.165, 1.54) is 129 Å². The number of quaternary nitrogens is 2. The fourth-order valence-corrected chi connectivity index (χ4v) is 7.32. The molecule has 0 fully saturated rings. The van der Waals surface area contributed by atoms with Crippen LogP contribution in [-0.4, -0.2) is 114 Å². The van der Waals surface area contributed by atoms with Crippen molar-refractivity contribution in [1.29, 1.82) is 0 Å². The maximum atomic E-state index is 12.1. The smallest absolute Gasteiger partial charge is 0.305 e. The fraction of sp³-hybridized carbons (Fsp3) is 0.917. The Morgan fingerprint density at radius 3 is 0.810 bits per heavy atom. The van der Waals surface area contributed by atoms with Crippen LogP contribution in [0.5, 0.6) is 0 Å². The second-order valence-corrected chi connectivity index (χ2v) is 18.3. The van der Waals surface area contributed by atoms with E-state index in [9.17, 15) is 19.2 Å². The summed E-state index contributed by atoms with van der Waals surface area (Å²) in [5, 5.41) is 0. The zero-order valence-corrected chi connectivity index (χ0v) is 39.0. The summed E-state index contributed by atoms with van der Waals surface area (Å²) in [5.74, 6) is -0.479. The van der Waals surface area contributed by atoms with Crippen molar-refractivity contribution in [2.45, 2.75) is 206 Å². The van der Waals surface area contributed by atoms with Crippen LogP contribution >= 0.6 is 0 Å². The van der Waals surface area contributed by atoms with Gasteiger partial charge in [-0.25, -0.2) is 0 Å². The molecular formula is C48H94N2O8+2. The van der Waals surface area contributed by atoms with Crippen LogP contribution in [-0.2, 0) is 38.1 Å². The number of hydrogen-bond acceptors (Lipinski definition) is 8. The van der Waals surface area contributed by atoms with Crippen molar-refractivity contribution in [3.63, 3.8) is 0 Å². The van der Waals surface area contributed by atoms with Crippen molar-refractivity contribution >= 4 is 23.9 Å². The van der Waals surface area contributed by atoms with E-state index in [2.05, 4.69) is 28.2 Å². The van der Waals surface area contributed by atoms with E-state index in [0.717, 1.165) is 99.4 Å². The van der Waals surface area contributed by atoms with Crippen molar-refractivity contribution in [2.75, 3.05) is 80.8 Å². The number of carbonyl (C=O) groups excluding carboxylic acids is 4. The maximum absolute atomic E-state index is 12.1. The highest BCUT2D eigenvalue weighted by molar-refractivity contribution is 5.69. The van der Waals surface area contributed by atoms with Gasteiger partial charge >= 0.3 is 23.9 Å². The summed E-state index contributed by atoms with van der Waals surface area (Å²) in [4.78, 5) is 46.0. The molecule has 0 saturated carbocycles. The molecule has 0 aliphatic rings. The summed E-state index contributed by atoms with van der Waals surface area (Å²) in [6.45, 7) is 9.07. The van der Waals surface area contributed by atoms with Crippen molar-refractivity contribution in [1.82, 2.24) is 0 Å². The number of rotatable bonds is 43. The first-order valence-corrected chi connectivity index (χ1v) is 24.0. The van der Waals surface area contributed by atoms with Gasteiger partial charge in [-0.3, -0.25) is 19.2 Å². The average Bonchev–Trinajstić information content (AvgIpc) is 3.15. The molecule has 0 bridgehead atoms. The summed E-state index contributed by atoms with van der Waals surface area (Å²) in [5.41, 5.74) is 0. The monoisotopic (exact) mass is 827 g/mol. The van der Waals surface area contributed by atoms with Gasteiger partial charge in [0, 0.05) is 26.7 Å². The lowest BCUT2D eigenvalue weighted by Crippen LogP contribution is -2.43. The normalized spacial score (nSPS) is 11.8. The van der Waals surface area contributed by atoms with Gasteiger partial charge in [-0.2, -0.15) is 0 Å². The topological polar surface area (TPSA) is 105 Å². The molecule has 0 N–H and O–H groups in total. The quantitative estimate of drug-likeness (QED) is 0.0259. The molecule has 0 radical (unpaired) electrons. The lowest BCUT2D eigenvalue weighted by molar-refractivity contribution is -0.890. The van der Waals surface area contributed by atoms with Gasteiger partial charge in [0.25, 0.3) is 0 Å². The number of unbranched alkanes of at least 4 members (excludes halogenated alkanes) is 25. The van der Waals surface area contributed by atoms with E-state index in [-0.39, 0.29) is 23.9 Å². The molecule has 10 heteroatoms. The third-order valence-corrected chi connectivity index (χ3v) is 11.4. The molecule has 58 heavy (non-hydrogen) atoms. The highest BCUT2D eigenvalue weighted by Gasteiger charge is 2.16. The fourth-order valence-electron chi connectivity index (χ4n) is 7.32. The minimum absolute atomic E-state index is 0.0412. The second kappa shape index (κ2) is 39.0. The number of likely N-dealkylation sites (N-methyl/N-ethyl adjacent to an activating group) is 2. The Labute approximate surface area is 357 Å². The first-order valence-electron chi connectivity index (χ1n) is 24.0. The summed E-state index contributed by atoms with van der Waals surface area (Å²) in [6.07, 6.45) is 34.4. The van der Waals surface area contributed by atoms with Gasteiger partial charge in [0.2, 0.25) is 0 Å². The number of ether oxygens (including phenoxy) is 4. The van der Waals surface area contributed by atoms with Crippen LogP contribution in [0.1, 0.15) is 206 Å². The van der Waals surface area contributed by atoms with E-state index < -0.39 is 0 Å². The number of nitrogens with zero attached hydrogens (tertiary/aromatic N) is 2. The summed E-state index contributed by atoms with van der Waals surface area (Å²) >= 11 is 0. The molecule has 0 aliphatic carbocycles. The van der Waals surface area contributed by atoms with Crippen molar-refractivity contribution in [3.05, 3.63) is 0 Å². The van der Waals surface area contributed by atoms with E-state index in [4.69, 9.17) is 18.9 Å². The molecule has 0 aromatic heterocycles. The van der Waals surface area contributed by atoms with Gasteiger partial charge in [-0.15, -0.1) is 0 Å². The predicted octanol–water partition coefficient (Wildman–Crippen LogP) is 11.1. The zero-order valence-electron chi connectivity index (χ0n) is 39.0. The Balaban J connectivity index is 3.36. The second-order valence-electron chi connectivity index (χ2n) is 18.3. The predicted molar refractivity (Wildman–Crippen MR) is 237 cm³/mol. The van der Waals surface area contributed by atoms with Crippen LogP contribution in [0.4, 0.5) is 0 Å². The van der Waals surface area contributed by atoms with Crippen LogP contribution in [0, 0.1) is 0 Å². The molecule has 0 aliphatic heterocycles. The number of carbonyl (C=O) groups is 4. The van der Waals surface area contributed by atoms with Gasteiger partial charge in [-0.05, 0) is 51.4 Å². The SMILES string of the molecule is CC(=O)OCC[N+](C)(C)CCCCCCCCCCCCCOC(=O)CCCCCCCCCCC(=O)OCCCCCCCCCCC[N+](C)(C)CCOC(C)=O. The van der Waals surface area contributed by atoms with Crippen molar-refractivity contribution in [3.8, 4) is 0 Å². The molecule has 0 rings (SSSR count). The van der Waals surface area contributed by atoms with Crippen LogP contribution in [0.2, 0.25) is 0 Å². The molecular weight excluding hydrogens is 733 g/mol. The molecule has 0 unspecified atom stereocenters. The molecule has 0 saturated heterocycles. The van der Waals surface area contributed by atoms with Crippen LogP contribution in [0.15, 0.2) is 0 Å². The maximum Gasteiger partial charge on any atom is 0.305 e. The average molecular weight is 827 g/mol. The summed E-state index contributed by atoms with van der Waals surface area (Å²) in [6, 6.07) is 0. The molecule has 0 aromatic carbocycles. The van der Waals surface area contributed by atoms with Crippen LogP contribution < -0.4 is 0 Å². The Morgan fingerprint density at radius 2 is 0.534 bits per heavy atom. The molecule has 0 aromatic rings. The van der Waals surface area contributed by atoms with Crippen LogP contribution in [0.25, 0.3) is 0 Å². The minimum atomic E-state index is -0.199. The first-order chi connectivity index (χ1) is 27.8. The Kier molecular flexibility index (Phi) is 37.5. The Bertz CT molecular complexity index is 1000. The van der Waals surface area contributed by atoms with Gasteiger partial charge in [0.15, 0.2) is 0 Å². The molecule has 0 spiro atoms. The molecule has 10 nitrogen and oxygen atoms in total. The van der Waals surface area contributed by atoms with Crippen LogP contribution in [0.3, 0.4) is 0 Å². The minimum Gasteiger partial charge on any atom is -0.466 e. The van der Waals surface area contributed by atoms with Gasteiger partial charge in [-0.1, -0.05) is 128 Å². The van der Waals surface area contributed by atoms with E-state index in [1.807, 2.05) is 0 Å². The van der Waals surface area contributed by atoms with E-state index in [1.54, 1.807) is 0 Å².